The van der Waals surface area contributed by atoms with Gasteiger partial charge in [-0.15, -0.1) is 0 Å². The summed E-state index contributed by atoms with van der Waals surface area (Å²) >= 11 is 1.56. The van der Waals surface area contributed by atoms with Crippen molar-refractivity contribution in [2.75, 3.05) is 7.05 Å². The van der Waals surface area contributed by atoms with E-state index in [1.54, 1.807) is 11.3 Å². The molecular formula is C12H19NOS. The highest BCUT2D eigenvalue weighted by Crippen LogP contribution is 2.24. The van der Waals surface area contributed by atoms with E-state index in [1.165, 1.54) is 0 Å². The molecule has 3 heteroatoms. The summed E-state index contributed by atoms with van der Waals surface area (Å²) in [5, 5.41) is 3.83. The number of carbonyl (C=O) groups is 1. The van der Waals surface area contributed by atoms with Gasteiger partial charge in [0.1, 0.15) is 0 Å². The molecule has 1 aromatic heterocycles. The van der Waals surface area contributed by atoms with Crippen molar-refractivity contribution in [3.05, 3.63) is 22.4 Å². The van der Waals surface area contributed by atoms with E-state index >= 15 is 0 Å². The largest absolute Gasteiger partial charge is 0.338 e. The number of hydrogen-bond acceptors (Lipinski definition) is 2. The molecule has 0 aromatic carbocycles. The smallest absolute Gasteiger partial charge is 0.254 e. The number of amides is 1. The van der Waals surface area contributed by atoms with E-state index in [0.717, 1.165) is 5.56 Å². The fraction of sp³-hybridized carbons (Fsp3) is 0.583. The minimum Gasteiger partial charge on any atom is -0.338 e. The molecule has 1 heterocycles. The van der Waals surface area contributed by atoms with Crippen molar-refractivity contribution in [2.24, 2.45) is 5.41 Å². The Labute approximate surface area is 95.9 Å². The Balaban J connectivity index is 2.78. The van der Waals surface area contributed by atoms with Crippen LogP contribution in [0.2, 0.25) is 0 Å². The molecule has 1 amide bonds. The standard InChI is InChI=1S/C12H19NOS/c1-9(12(2,3)4)13(5)11(14)10-6-7-15-8-10/h6-9H,1-5H3/t9-/m0/s1. The van der Waals surface area contributed by atoms with Gasteiger partial charge in [0.05, 0.1) is 5.56 Å². The van der Waals surface area contributed by atoms with Crippen LogP contribution in [0.15, 0.2) is 16.8 Å². The van der Waals surface area contributed by atoms with Gasteiger partial charge in [0.2, 0.25) is 0 Å². The minimum absolute atomic E-state index is 0.110. The molecule has 0 unspecified atom stereocenters. The molecule has 0 aliphatic heterocycles. The predicted octanol–water partition coefficient (Wildman–Crippen LogP) is 3.25. The predicted molar refractivity (Wildman–Crippen MR) is 65.3 cm³/mol. The molecule has 0 saturated carbocycles. The van der Waals surface area contributed by atoms with Crippen LogP contribution in [0, 0.1) is 5.41 Å². The molecule has 0 aliphatic carbocycles. The van der Waals surface area contributed by atoms with Gasteiger partial charge in [-0.1, -0.05) is 20.8 Å². The van der Waals surface area contributed by atoms with E-state index in [2.05, 4.69) is 27.7 Å². The average molecular weight is 225 g/mol. The first-order chi connectivity index (χ1) is 6.84. The lowest BCUT2D eigenvalue weighted by Crippen LogP contribution is -2.42. The first-order valence-electron chi connectivity index (χ1n) is 5.13. The third kappa shape index (κ3) is 2.81. The normalized spacial score (nSPS) is 13.7. The van der Waals surface area contributed by atoms with E-state index in [-0.39, 0.29) is 17.4 Å². The zero-order chi connectivity index (χ0) is 11.6. The van der Waals surface area contributed by atoms with E-state index in [1.807, 2.05) is 28.8 Å². The maximum absolute atomic E-state index is 12.0. The first kappa shape index (κ1) is 12.2. The SMILES string of the molecule is C[C@H](N(C)C(=O)c1ccsc1)C(C)(C)C. The Kier molecular flexibility index (Phi) is 3.55. The molecule has 84 valence electrons. The highest BCUT2D eigenvalue weighted by molar-refractivity contribution is 7.08. The van der Waals surface area contributed by atoms with Crippen LogP contribution in [-0.4, -0.2) is 23.9 Å². The lowest BCUT2D eigenvalue weighted by atomic mass is 9.87. The fourth-order valence-electron chi connectivity index (χ4n) is 1.35. The summed E-state index contributed by atoms with van der Waals surface area (Å²) in [5.41, 5.74) is 0.902. The Morgan fingerprint density at radius 3 is 2.47 bits per heavy atom. The van der Waals surface area contributed by atoms with Crippen LogP contribution in [0.25, 0.3) is 0 Å². The lowest BCUT2D eigenvalue weighted by molar-refractivity contribution is 0.0630. The molecule has 1 rings (SSSR count). The molecule has 0 radical (unpaired) electrons. The summed E-state index contributed by atoms with van der Waals surface area (Å²) in [6.07, 6.45) is 0. The second kappa shape index (κ2) is 4.35. The summed E-state index contributed by atoms with van der Waals surface area (Å²) in [5.74, 6) is 0.110. The number of thiophene rings is 1. The zero-order valence-corrected chi connectivity index (χ0v) is 10.9. The maximum atomic E-state index is 12.0. The van der Waals surface area contributed by atoms with Crippen molar-refractivity contribution < 1.29 is 4.79 Å². The van der Waals surface area contributed by atoms with Gasteiger partial charge in [0.15, 0.2) is 0 Å². The molecule has 0 bridgehead atoms. The van der Waals surface area contributed by atoms with E-state index in [9.17, 15) is 4.79 Å². The summed E-state index contributed by atoms with van der Waals surface area (Å²) in [4.78, 5) is 13.8. The molecule has 15 heavy (non-hydrogen) atoms. The summed E-state index contributed by atoms with van der Waals surface area (Å²) in [6.45, 7) is 8.53. The number of rotatable bonds is 2. The van der Waals surface area contributed by atoms with E-state index < -0.39 is 0 Å². The van der Waals surface area contributed by atoms with Crippen molar-refractivity contribution in [2.45, 2.75) is 33.7 Å². The molecule has 0 fully saturated rings. The van der Waals surface area contributed by atoms with Gasteiger partial charge < -0.3 is 4.90 Å². The second-order valence-electron chi connectivity index (χ2n) is 4.97. The van der Waals surface area contributed by atoms with Gasteiger partial charge in [0, 0.05) is 18.5 Å². The molecule has 0 N–H and O–H groups in total. The summed E-state index contributed by atoms with van der Waals surface area (Å²) < 4.78 is 0. The Morgan fingerprint density at radius 2 is 2.07 bits per heavy atom. The molecule has 2 nitrogen and oxygen atoms in total. The quantitative estimate of drug-likeness (QED) is 0.756. The summed E-state index contributed by atoms with van der Waals surface area (Å²) in [7, 11) is 1.87. The third-order valence-electron chi connectivity index (χ3n) is 2.92. The summed E-state index contributed by atoms with van der Waals surface area (Å²) in [6, 6.07) is 2.10. The second-order valence-corrected chi connectivity index (χ2v) is 5.75. The van der Waals surface area contributed by atoms with E-state index in [0.29, 0.717) is 0 Å². The molecular weight excluding hydrogens is 206 g/mol. The van der Waals surface area contributed by atoms with Crippen molar-refractivity contribution in [1.29, 1.82) is 0 Å². The molecule has 1 aromatic rings. The van der Waals surface area contributed by atoms with Crippen LogP contribution in [0.5, 0.6) is 0 Å². The van der Waals surface area contributed by atoms with Gasteiger partial charge in [-0.25, -0.2) is 0 Å². The van der Waals surface area contributed by atoms with Crippen molar-refractivity contribution in [1.82, 2.24) is 4.90 Å². The number of nitrogens with zero attached hydrogens (tertiary/aromatic N) is 1. The van der Waals surface area contributed by atoms with Crippen molar-refractivity contribution >= 4 is 17.2 Å². The van der Waals surface area contributed by atoms with Crippen LogP contribution in [0.4, 0.5) is 0 Å². The van der Waals surface area contributed by atoms with Crippen LogP contribution in [0.3, 0.4) is 0 Å². The average Bonchev–Trinajstić information content (AvgIpc) is 2.65. The molecule has 0 aliphatic rings. The van der Waals surface area contributed by atoms with Gasteiger partial charge in [-0.2, -0.15) is 11.3 Å². The van der Waals surface area contributed by atoms with Gasteiger partial charge >= 0.3 is 0 Å². The van der Waals surface area contributed by atoms with Crippen LogP contribution in [-0.2, 0) is 0 Å². The first-order valence-corrected chi connectivity index (χ1v) is 6.07. The van der Waals surface area contributed by atoms with Crippen LogP contribution < -0.4 is 0 Å². The fourth-order valence-corrected chi connectivity index (χ4v) is 1.98. The topological polar surface area (TPSA) is 20.3 Å². The highest BCUT2D eigenvalue weighted by Gasteiger charge is 2.27. The molecule has 0 saturated heterocycles. The van der Waals surface area contributed by atoms with Crippen molar-refractivity contribution in [3.63, 3.8) is 0 Å². The zero-order valence-electron chi connectivity index (χ0n) is 10.1. The monoisotopic (exact) mass is 225 g/mol. The Morgan fingerprint density at radius 1 is 1.47 bits per heavy atom. The number of hydrogen-bond donors (Lipinski definition) is 0. The maximum Gasteiger partial charge on any atom is 0.254 e. The number of carbonyl (C=O) groups excluding carboxylic acids is 1. The Bertz CT molecular complexity index is 324. The van der Waals surface area contributed by atoms with Gasteiger partial charge in [-0.3, -0.25) is 4.79 Å². The third-order valence-corrected chi connectivity index (χ3v) is 3.61. The minimum atomic E-state index is 0.110. The van der Waals surface area contributed by atoms with E-state index in [4.69, 9.17) is 0 Å². The van der Waals surface area contributed by atoms with Gasteiger partial charge in [0.25, 0.3) is 5.91 Å². The van der Waals surface area contributed by atoms with Gasteiger partial charge in [-0.05, 0) is 23.8 Å². The van der Waals surface area contributed by atoms with Crippen molar-refractivity contribution in [3.8, 4) is 0 Å². The molecule has 1 atom stereocenters. The molecule has 0 spiro atoms. The highest BCUT2D eigenvalue weighted by atomic mass is 32.1. The lowest BCUT2D eigenvalue weighted by Gasteiger charge is -2.35. The Hall–Kier alpha value is -0.830. The van der Waals surface area contributed by atoms with Crippen LogP contribution >= 0.6 is 11.3 Å². The van der Waals surface area contributed by atoms with Crippen LogP contribution in [0.1, 0.15) is 38.1 Å².